The van der Waals surface area contributed by atoms with Crippen molar-refractivity contribution in [3.05, 3.63) is 30.4 Å². The van der Waals surface area contributed by atoms with Crippen LogP contribution >= 0.6 is 0 Å². The highest BCUT2D eigenvalue weighted by molar-refractivity contribution is 6.18. The van der Waals surface area contributed by atoms with Crippen LogP contribution in [0, 0.1) is 6.42 Å². The summed E-state index contributed by atoms with van der Waals surface area (Å²) < 4.78 is 0. The summed E-state index contributed by atoms with van der Waals surface area (Å²) in [6, 6.07) is 0.786. The minimum absolute atomic E-state index is 0.367. The van der Waals surface area contributed by atoms with Crippen LogP contribution in [0.15, 0.2) is 18.5 Å². The molecule has 0 aromatic carbocycles. The average Bonchev–Trinajstić information content (AvgIpc) is 2.17. The second kappa shape index (κ2) is 3.10. The maximum absolute atomic E-state index is 11.3. The van der Waals surface area contributed by atoms with E-state index in [2.05, 4.69) is 11.4 Å². The Morgan fingerprint density at radius 2 is 2.43 bits per heavy atom. The van der Waals surface area contributed by atoms with Gasteiger partial charge in [0.2, 0.25) is 5.91 Å². The van der Waals surface area contributed by atoms with E-state index in [0.29, 0.717) is 12.1 Å². The molecule has 2 radical (unpaired) electrons. The molecule has 2 heterocycles. The minimum atomic E-state index is -0.797. The standard InChI is InChI=1S/C9H7N3O2/c10-9(14)12-7-3-4-11-5-6(7)1-2-8(12)13/h3-5H,1H2,(H2,10,14). The van der Waals surface area contributed by atoms with Crippen molar-refractivity contribution in [2.24, 2.45) is 5.73 Å². The number of anilines is 1. The van der Waals surface area contributed by atoms with E-state index in [4.69, 9.17) is 5.73 Å². The van der Waals surface area contributed by atoms with Crippen LogP contribution in [0.3, 0.4) is 0 Å². The number of pyridine rings is 1. The molecule has 0 aliphatic carbocycles. The lowest BCUT2D eigenvalue weighted by molar-refractivity contribution is -0.115. The predicted molar refractivity (Wildman–Crippen MR) is 48.3 cm³/mol. The molecule has 0 fully saturated rings. The van der Waals surface area contributed by atoms with Gasteiger partial charge in [0.1, 0.15) is 0 Å². The monoisotopic (exact) mass is 189 g/mol. The fourth-order valence-electron chi connectivity index (χ4n) is 1.35. The number of amides is 3. The van der Waals surface area contributed by atoms with E-state index < -0.39 is 11.9 Å². The molecule has 70 valence electrons. The molecule has 3 amide bonds. The fraction of sp³-hybridized carbons (Fsp3) is 0.111. The first-order valence-corrected chi connectivity index (χ1v) is 4.00. The summed E-state index contributed by atoms with van der Waals surface area (Å²) in [5, 5.41) is 0. The summed E-state index contributed by atoms with van der Waals surface area (Å²) in [6.07, 6.45) is 5.98. The van der Waals surface area contributed by atoms with Gasteiger partial charge in [-0.05, 0) is 18.1 Å². The van der Waals surface area contributed by atoms with Gasteiger partial charge in [-0.2, -0.15) is 0 Å². The van der Waals surface area contributed by atoms with Gasteiger partial charge >= 0.3 is 6.03 Å². The van der Waals surface area contributed by atoms with Gasteiger partial charge in [-0.1, -0.05) is 0 Å². The Hall–Kier alpha value is -1.91. The molecule has 0 atom stereocenters. The van der Waals surface area contributed by atoms with Crippen LogP contribution in [-0.4, -0.2) is 16.9 Å². The zero-order valence-corrected chi connectivity index (χ0v) is 7.23. The first-order chi connectivity index (χ1) is 6.70. The van der Waals surface area contributed by atoms with Gasteiger partial charge < -0.3 is 5.73 Å². The predicted octanol–water partition coefficient (Wildman–Crippen LogP) is 0.131. The number of urea groups is 1. The molecule has 0 saturated heterocycles. The number of nitrogens with zero attached hydrogens (tertiary/aromatic N) is 2. The van der Waals surface area contributed by atoms with Crippen LogP contribution in [0.25, 0.3) is 0 Å². The Morgan fingerprint density at radius 1 is 1.64 bits per heavy atom. The van der Waals surface area contributed by atoms with Crippen molar-refractivity contribution in [2.75, 3.05) is 4.90 Å². The zero-order chi connectivity index (χ0) is 10.1. The molecule has 2 rings (SSSR count). The van der Waals surface area contributed by atoms with Crippen molar-refractivity contribution < 1.29 is 9.59 Å². The lowest BCUT2D eigenvalue weighted by Crippen LogP contribution is -2.43. The van der Waals surface area contributed by atoms with Crippen LogP contribution in [0.4, 0.5) is 10.5 Å². The van der Waals surface area contributed by atoms with Crippen molar-refractivity contribution in [3.8, 4) is 0 Å². The Morgan fingerprint density at radius 3 is 3.14 bits per heavy atom. The van der Waals surface area contributed by atoms with Gasteiger partial charge in [0, 0.05) is 12.4 Å². The van der Waals surface area contributed by atoms with Crippen molar-refractivity contribution >= 4 is 17.6 Å². The number of nitrogens with two attached hydrogens (primary N) is 1. The second-order valence-corrected chi connectivity index (χ2v) is 2.84. The molecule has 0 spiro atoms. The molecule has 14 heavy (non-hydrogen) atoms. The number of aromatic nitrogens is 1. The number of fused-ring (bicyclic) bond motifs is 1. The van der Waals surface area contributed by atoms with E-state index in [0.717, 1.165) is 10.5 Å². The molecule has 2 N–H and O–H groups in total. The first-order valence-electron chi connectivity index (χ1n) is 4.00. The van der Waals surface area contributed by atoms with E-state index in [1.54, 1.807) is 12.3 Å². The molecule has 0 bridgehead atoms. The van der Waals surface area contributed by atoms with Gasteiger partial charge in [0.05, 0.1) is 12.1 Å². The van der Waals surface area contributed by atoms with Crippen molar-refractivity contribution in [3.63, 3.8) is 0 Å². The summed E-state index contributed by atoms with van der Waals surface area (Å²) >= 11 is 0. The van der Waals surface area contributed by atoms with E-state index in [1.165, 1.54) is 6.20 Å². The summed E-state index contributed by atoms with van der Waals surface area (Å²) in [4.78, 5) is 27.1. The third-order valence-corrected chi connectivity index (χ3v) is 1.97. The smallest absolute Gasteiger partial charge is 0.326 e. The highest BCUT2D eigenvalue weighted by atomic mass is 16.2. The minimum Gasteiger partial charge on any atom is -0.351 e. The number of primary amides is 1. The number of imide groups is 1. The van der Waals surface area contributed by atoms with Gasteiger partial charge in [0.25, 0.3) is 0 Å². The van der Waals surface area contributed by atoms with Crippen LogP contribution in [0.1, 0.15) is 5.56 Å². The highest BCUT2D eigenvalue weighted by Gasteiger charge is 2.28. The summed E-state index contributed by atoms with van der Waals surface area (Å²) in [5.41, 5.74) is 6.34. The molecular formula is C9H7N3O2. The van der Waals surface area contributed by atoms with Gasteiger partial charge in [-0.3, -0.25) is 9.78 Å². The first kappa shape index (κ1) is 8.68. The van der Waals surface area contributed by atoms with Crippen LogP contribution < -0.4 is 10.6 Å². The summed E-state index contributed by atoms with van der Waals surface area (Å²) in [6.45, 7) is 0. The van der Waals surface area contributed by atoms with Gasteiger partial charge in [-0.15, -0.1) is 0 Å². The number of rotatable bonds is 0. The Balaban J connectivity index is 2.51. The molecule has 1 aliphatic heterocycles. The summed E-state index contributed by atoms with van der Waals surface area (Å²) in [5.74, 6) is -0.504. The van der Waals surface area contributed by atoms with E-state index >= 15 is 0 Å². The lowest BCUT2D eigenvalue weighted by Gasteiger charge is -2.24. The molecule has 5 heteroatoms. The van der Waals surface area contributed by atoms with E-state index in [1.807, 2.05) is 0 Å². The van der Waals surface area contributed by atoms with E-state index in [9.17, 15) is 9.59 Å². The Kier molecular flexibility index (Phi) is 1.92. The number of carbonyl (C=O) groups excluding carboxylic acids is 2. The molecule has 1 aliphatic rings. The van der Waals surface area contributed by atoms with Crippen LogP contribution in [-0.2, 0) is 11.2 Å². The number of hydrogen-bond donors (Lipinski definition) is 1. The molecule has 5 nitrogen and oxygen atoms in total. The quantitative estimate of drug-likeness (QED) is 0.630. The van der Waals surface area contributed by atoms with E-state index in [-0.39, 0.29) is 0 Å². The Bertz CT molecular complexity index is 403. The van der Waals surface area contributed by atoms with Crippen molar-refractivity contribution in [2.45, 2.75) is 6.42 Å². The number of hydrogen-bond acceptors (Lipinski definition) is 3. The van der Waals surface area contributed by atoms with Gasteiger partial charge in [0.15, 0.2) is 0 Å². The van der Waals surface area contributed by atoms with Crippen molar-refractivity contribution in [1.29, 1.82) is 0 Å². The topological polar surface area (TPSA) is 76.3 Å². The molecule has 1 aromatic heterocycles. The van der Waals surface area contributed by atoms with Crippen molar-refractivity contribution in [1.82, 2.24) is 4.98 Å². The van der Waals surface area contributed by atoms with Gasteiger partial charge in [-0.25, -0.2) is 9.69 Å². The fourth-order valence-corrected chi connectivity index (χ4v) is 1.35. The SMILES string of the molecule is NC(=O)N1C(=O)[C]Cc2cnccc21. The number of carbonyl (C=O) groups is 2. The zero-order valence-electron chi connectivity index (χ0n) is 7.23. The molecule has 0 saturated carbocycles. The average molecular weight is 189 g/mol. The highest BCUT2D eigenvalue weighted by Crippen LogP contribution is 2.25. The third kappa shape index (κ3) is 1.22. The molecule has 0 unspecified atom stereocenters. The molecule has 1 aromatic rings. The second-order valence-electron chi connectivity index (χ2n) is 2.84. The maximum atomic E-state index is 11.3. The normalized spacial score (nSPS) is 15.1. The van der Waals surface area contributed by atoms with Crippen LogP contribution in [0.5, 0.6) is 0 Å². The molecular weight excluding hydrogens is 182 g/mol. The maximum Gasteiger partial charge on any atom is 0.326 e. The van der Waals surface area contributed by atoms with Crippen LogP contribution in [0.2, 0.25) is 0 Å². The largest absolute Gasteiger partial charge is 0.351 e. The summed E-state index contributed by atoms with van der Waals surface area (Å²) in [7, 11) is 0. The third-order valence-electron chi connectivity index (χ3n) is 1.97. The Labute approximate surface area is 80.5 Å². The lowest BCUT2D eigenvalue weighted by atomic mass is 10.0.